The van der Waals surface area contributed by atoms with Gasteiger partial charge in [0.1, 0.15) is 12.2 Å². The quantitative estimate of drug-likeness (QED) is 0.840. The van der Waals surface area contributed by atoms with Gasteiger partial charge in [-0.15, -0.1) is 0 Å². The van der Waals surface area contributed by atoms with Gasteiger partial charge in [-0.25, -0.2) is 8.78 Å². The van der Waals surface area contributed by atoms with E-state index in [2.05, 4.69) is 0 Å². The number of nitrogens with zero attached hydrogens (tertiary/aromatic N) is 2. The first-order valence-corrected chi connectivity index (χ1v) is 4.82. The van der Waals surface area contributed by atoms with E-state index in [1.54, 1.807) is 0 Å². The summed E-state index contributed by atoms with van der Waals surface area (Å²) in [7, 11) is 1.24. The largest absolute Gasteiger partial charge is 0.480 e. The van der Waals surface area contributed by atoms with Gasteiger partial charge in [0.25, 0.3) is 12.3 Å². The van der Waals surface area contributed by atoms with Crippen molar-refractivity contribution in [3.05, 3.63) is 24.0 Å². The van der Waals surface area contributed by atoms with Gasteiger partial charge in [0.2, 0.25) is 0 Å². The molecule has 1 N–H and O–H groups in total. The van der Waals surface area contributed by atoms with Gasteiger partial charge in [-0.05, 0) is 12.1 Å². The molecule has 1 heterocycles. The lowest BCUT2D eigenvalue weighted by Gasteiger charge is -2.17. The molecule has 7 heteroatoms. The summed E-state index contributed by atoms with van der Waals surface area (Å²) in [5, 5.41) is 8.61. The van der Waals surface area contributed by atoms with Crippen LogP contribution in [0.1, 0.15) is 10.5 Å². The molecule has 0 saturated carbocycles. The minimum Gasteiger partial charge on any atom is -0.480 e. The van der Waals surface area contributed by atoms with E-state index in [-0.39, 0.29) is 12.2 Å². The van der Waals surface area contributed by atoms with Gasteiger partial charge in [-0.1, -0.05) is 0 Å². The number of carbonyl (C=O) groups is 2. The molecular formula is C10H12F2N2O3. The summed E-state index contributed by atoms with van der Waals surface area (Å²) >= 11 is 0. The fourth-order valence-electron chi connectivity index (χ4n) is 1.38. The molecule has 17 heavy (non-hydrogen) atoms. The van der Waals surface area contributed by atoms with Crippen LogP contribution in [0, 0.1) is 0 Å². The Hall–Kier alpha value is -1.92. The number of rotatable bonds is 5. The molecule has 94 valence electrons. The molecule has 0 fully saturated rings. The van der Waals surface area contributed by atoms with E-state index in [1.165, 1.54) is 29.9 Å². The Labute approximate surface area is 96.2 Å². The van der Waals surface area contributed by atoms with Crippen molar-refractivity contribution in [2.24, 2.45) is 0 Å². The van der Waals surface area contributed by atoms with Gasteiger partial charge < -0.3 is 14.6 Å². The Morgan fingerprint density at radius 2 is 2.18 bits per heavy atom. The minimum atomic E-state index is -2.62. The van der Waals surface area contributed by atoms with E-state index >= 15 is 0 Å². The molecule has 1 aromatic heterocycles. The van der Waals surface area contributed by atoms with Crippen molar-refractivity contribution in [2.45, 2.75) is 13.0 Å². The monoisotopic (exact) mass is 246 g/mol. The fourth-order valence-corrected chi connectivity index (χ4v) is 1.38. The smallest absolute Gasteiger partial charge is 0.323 e. The molecule has 0 radical (unpaired) electrons. The lowest BCUT2D eigenvalue weighted by molar-refractivity contribution is -0.137. The highest BCUT2D eigenvalue weighted by Crippen LogP contribution is 2.07. The molecule has 0 aliphatic carbocycles. The molecule has 0 saturated heterocycles. The van der Waals surface area contributed by atoms with Crippen molar-refractivity contribution < 1.29 is 23.5 Å². The molecular weight excluding hydrogens is 234 g/mol. The van der Waals surface area contributed by atoms with Crippen LogP contribution in [-0.4, -0.2) is 46.5 Å². The second-order valence-electron chi connectivity index (χ2n) is 3.49. The van der Waals surface area contributed by atoms with E-state index in [9.17, 15) is 18.4 Å². The second-order valence-corrected chi connectivity index (χ2v) is 3.49. The summed E-state index contributed by atoms with van der Waals surface area (Å²) < 4.78 is 25.4. The van der Waals surface area contributed by atoms with Crippen molar-refractivity contribution in [1.82, 2.24) is 9.47 Å². The number of carboxylic acid groups (broad SMARTS) is 1. The van der Waals surface area contributed by atoms with Crippen molar-refractivity contribution in [1.29, 1.82) is 0 Å². The first kappa shape index (κ1) is 13.1. The predicted octanol–water partition coefficient (Wildman–Crippen LogP) is 0.910. The van der Waals surface area contributed by atoms with Crippen molar-refractivity contribution in [2.75, 3.05) is 13.6 Å². The maximum Gasteiger partial charge on any atom is 0.323 e. The fraction of sp³-hybridized carbons (Fsp3) is 0.400. The maximum absolute atomic E-state index is 12.1. The first-order chi connectivity index (χ1) is 7.91. The minimum absolute atomic E-state index is 0.0792. The average Bonchev–Trinajstić information content (AvgIpc) is 2.62. The summed E-state index contributed by atoms with van der Waals surface area (Å²) in [5.74, 6) is -1.73. The Morgan fingerprint density at radius 1 is 1.53 bits per heavy atom. The molecule has 0 bridgehead atoms. The highest BCUT2D eigenvalue weighted by Gasteiger charge is 2.19. The van der Waals surface area contributed by atoms with Gasteiger partial charge in [0, 0.05) is 13.2 Å². The molecule has 1 amide bonds. The zero-order chi connectivity index (χ0) is 13.0. The second kappa shape index (κ2) is 5.42. The zero-order valence-corrected chi connectivity index (χ0v) is 9.14. The number of halogens is 2. The number of alkyl halides is 2. The van der Waals surface area contributed by atoms with Crippen molar-refractivity contribution in [3.63, 3.8) is 0 Å². The van der Waals surface area contributed by atoms with Crippen LogP contribution in [0.2, 0.25) is 0 Å². The molecule has 0 aliphatic heterocycles. The molecule has 0 aromatic carbocycles. The van der Waals surface area contributed by atoms with Gasteiger partial charge in [-0.3, -0.25) is 9.59 Å². The average molecular weight is 246 g/mol. The number of hydrogen-bond acceptors (Lipinski definition) is 2. The first-order valence-electron chi connectivity index (χ1n) is 4.82. The van der Waals surface area contributed by atoms with Crippen LogP contribution in [0.25, 0.3) is 0 Å². The van der Waals surface area contributed by atoms with Crippen molar-refractivity contribution >= 4 is 11.9 Å². The van der Waals surface area contributed by atoms with Crippen LogP contribution in [-0.2, 0) is 11.3 Å². The third-order valence-corrected chi connectivity index (χ3v) is 2.11. The molecule has 0 aliphatic rings. The Bertz CT molecular complexity index is 417. The van der Waals surface area contributed by atoms with Gasteiger partial charge in [-0.2, -0.15) is 0 Å². The topological polar surface area (TPSA) is 62.5 Å². The van der Waals surface area contributed by atoms with Crippen molar-refractivity contribution in [3.8, 4) is 0 Å². The summed E-state index contributed by atoms with van der Waals surface area (Å²) in [5.41, 5.74) is 0.0792. The molecule has 0 unspecified atom stereocenters. The molecule has 1 aromatic rings. The van der Waals surface area contributed by atoms with Crippen LogP contribution in [0.4, 0.5) is 8.78 Å². The third-order valence-electron chi connectivity index (χ3n) is 2.11. The molecule has 0 spiro atoms. The van der Waals surface area contributed by atoms with Crippen LogP contribution in [0.3, 0.4) is 0 Å². The van der Waals surface area contributed by atoms with E-state index in [1.807, 2.05) is 0 Å². The highest BCUT2D eigenvalue weighted by molar-refractivity contribution is 5.93. The van der Waals surface area contributed by atoms with E-state index < -0.39 is 24.8 Å². The SMILES string of the molecule is CN(CC(F)F)C(=O)c1cccn1CC(=O)O. The van der Waals surface area contributed by atoms with Gasteiger partial charge in [0.05, 0.1) is 6.54 Å². The van der Waals surface area contributed by atoms with Crippen LogP contribution in [0.15, 0.2) is 18.3 Å². The Kier molecular flexibility index (Phi) is 4.19. The number of carbonyl (C=O) groups excluding carboxylic acids is 1. The third kappa shape index (κ3) is 3.54. The summed E-state index contributed by atoms with van der Waals surface area (Å²) in [6.07, 6.45) is -1.20. The van der Waals surface area contributed by atoms with Crippen LogP contribution < -0.4 is 0 Å². The van der Waals surface area contributed by atoms with Crippen LogP contribution >= 0.6 is 0 Å². The molecule has 1 rings (SSSR count). The van der Waals surface area contributed by atoms with Gasteiger partial charge >= 0.3 is 5.97 Å². The lowest BCUT2D eigenvalue weighted by atomic mass is 10.3. The predicted molar refractivity (Wildman–Crippen MR) is 55.0 cm³/mol. The number of hydrogen-bond donors (Lipinski definition) is 1. The highest BCUT2D eigenvalue weighted by atomic mass is 19.3. The molecule has 5 nitrogen and oxygen atoms in total. The van der Waals surface area contributed by atoms with E-state index in [0.29, 0.717) is 0 Å². The standard InChI is InChI=1S/C10H12F2N2O3/c1-13(5-8(11)12)10(17)7-3-2-4-14(7)6-9(15)16/h2-4,8H,5-6H2,1H3,(H,15,16). The number of aliphatic carboxylic acids is 1. The Morgan fingerprint density at radius 3 is 2.71 bits per heavy atom. The Balaban J connectivity index is 2.81. The van der Waals surface area contributed by atoms with Gasteiger partial charge in [0.15, 0.2) is 0 Å². The number of carboxylic acids is 1. The maximum atomic E-state index is 12.1. The number of amides is 1. The summed E-state index contributed by atoms with van der Waals surface area (Å²) in [6.45, 7) is -1.06. The summed E-state index contributed by atoms with van der Waals surface area (Å²) in [6, 6.07) is 2.89. The zero-order valence-electron chi connectivity index (χ0n) is 9.14. The van der Waals surface area contributed by atoms with E-state index in [0.717, 1.165) is 4.90 Å². The van der Waals surface area contributed by atoms with Crippen LogP contribution in [0.5, 0.6) is 0 Å². The molecule has 0 atom stereocenters. The normalized spacial score (nSPS) is 10.6. The summed E-state index contributed by atoms with van der Waals surface area (Å²) in [4.78, 5) is 23.1. The number of aromatic nitrogens is 1. The van der Waals surface area contributed by atoms with E-state index in [4.69, 9.17) is 5.11 Å². The lowest BCUT2D eigenvalue weighted by Crippen LogP contribution is -2.33.